The number of carbonyl (C=O) groups excluding carboxylic acids is 1. The summed E-state index contributed by atoms with van der Waals surface area (Å²) in [5, 5.41) is 4.82. The lowest BCUT2D eigenvalue weighted by Gasteiger charge is -2.19. The van der Waals surface area contributed by atoms with E-state index >= 15 is 0 Å². The minimum Gasteiger partial charge on any atom is -0.361 e. The van der Waals surface area contributed by atoms with E-state index < -0.39 is 0 Å². The summed E-state index contributed by atoms with van der Waals surface area (Å²) in [5.74, 6) is -0.168. The number of allylic oxidation sites excluding steroid dienone is 3. The summed E-state index contributed by atoms with van der Waals surface area (Å²) in [6.07, 6.45) is 8.96. The Hall–Kier alpha value is -2.78. The number of carbonyl (C=O) groups is 1. The molecule has 0 unspecified atom stereocenters. The summed E-state index contributed by atoms with van der Waals surface area (Å²) >= 11 is 6.46. The first-order chi connectivity index (χ1) is 12.7. The van der Waals surface area contributed by atoms with Gasteiger partial charge in [0.15, 0.2) is 0 Å². The number of fused-ring (bicyclic) bond motifs is 1. The summed E-state index contributed by atoms with van der Waals surface area (Å²) in [4.78, 5) is 15.4. The van der Waals surface area contributed by atoms with Gasteiger partial charge in [-0.15, -0.1) is 0 Å². The Kier molecular flexibility index (Phi) is 5.92. The molecule has 0 aliphatic heterocycles. The molecule has 0 saturated carbocycles. The fraction of sp³-hybridized carbons (Fsp3) is 0.136. The highest BCUT2D eigenvalue weighted by atomic mass is 35.5. The van der Waals surface area contributed by atoms with Gasteiger partial charge in [-0.3, -0.25) is 4.79 Å². The number of hydrogen-bond acceptors (Lipinski definition) is 1. The summed E-state index contributed by atoms with van der Waals surface area (Å²) in [6.45, 7) is 2.37. The van der Waals surface area contributed by atoms with Crippen molar-refractivity contribution in [1.29, 1.82) is 0 Å². The van der Waals surface area contributed by atoms with Crippen LogP contribution in [0.4, 0.5) is 0 Å². The molecule has 0 aliphatic carbocycles. The van der Waals surface area contributed by atoms with Gasteiger partial charge in [-0.25, -0.2) is 0 Å². The molecule has 1 atom stereocenters. The zero-order valence-electron chi connectivity index (χ0n) is 14.6. The maximum absolute atomic E-state index is 12.1. The van der Waals surface area contributed by atoms with Crippen molar-refractivity contribution in [2.75, 3.05) is 6.54 Å². The van der Waals surface area contributed by atoms with Gasteiger partial charge in [-0.2, -0.15) is 0 Å². The van der Waals surface area contributed by atoms with Gasteiger partial charge in [0.25, 0.3) is 0 Å². The highest BCUT2D eigenvalue weighted by Gasteiger charge is 2.20. The molecule has 0 spiro atoms. The SMILES string of the molecule is C/C=C/C=C/C(=O)NC[C@@H](c1ccccc1Cl)c1c[nH]c2ccccc12. The topological polar surface area (TPSA) is 44.9 Å². The smallest absolute Gasteiger partial charge is 0.244 e. The van der Waals surface area contributed by atoms with Crippen molar-refractivity contribution in [2.24, 2.45) is 0 Å². The molecule has 2 aromatic carbocycles. The fourth-order valence-corrected chi connectivity index (χ4v) is 3.31. The molecular weight excluding hydrogens is 344 g/mol. The maximum Gasteiger partial charge on any atom is 0.244 e. The molecule has 132 valence electrons. The zero-order valence-corrected chi connectivity index (χ0v) is 15.3. The van der Waals surface area contributed by atoms with Gasteiger partial charge in [0.2, 0.25) is 5.91 Å². The number of aromatic nitrogens is 1. The van der Waals surface area contributed by atoms with Crippen LogP contribution in [0.1, 0.15) is 24.0 Å². The van der Waals surface area contributed by atoms with Gasteiger partial charge in [-0.1, -0.05) is 66.2 Å². The van der Waals surface area contributed by atoms with Crippen LogP contribution in [0.3, 0.4) is 0 Å². The predicted octanol–water partition coefficient (Wildman–Crippen LogP) is 5.20. The van der Waals surface area contributed by atoms with Crippen LogP contribution in [0.5, 0.6) is 0 Å². The molecule has 3 rings (SSSR count). The van der Waals surface area contributed by atoms with Crippen LogP contribution >= 0.6 is 11.6 Å². The van der Waals surface area contributed by atoms with Crippen molar-refractivity contribution >= 4 is 28.4 Å². The molecule has 0 saturated heterocycles. The van der Waals surface area contributed by atoms with Crippen molar-refractivity contribution in [3.63, 3.8) is 0 Å². The number of para-hydroxylation sites is 1. The molecule has 3 aromatic rings. The van der Waals surface area contributed by atoms with E-state index in [-0.39, 0.29) is 11.8 Å². The lowest BCUT2D eigenvalue weighted by molar-refractivity contribution is -0.116. The van der Waals surface area contributed by atoms with Crippen molar-refractivity contribution in [3.05, 3.63) is 95.2 Å². The normalized spacial score (nSPS) is 12.8. The molecule has 1 aromatic heterocycles. The van der Waals surface area contributed by atoms with Crippen LogP contribution in [0.2, 0.25) is 5.02 Å². The van der Waals surface area contributed by atoms with Crippen LogP contribution < -0.4 is 5.32 Å². The van der Waals surface area contributed by atoms with E-state index in [1.54, 1.807) is 6.08 Å². The van der Waals surface area contributed by atoms with Gasteiger partial charge < -0.3 is 10.3 Å². The van der Waals surface area contributed by atoms with E-state index in [4.69, 9.17) is 11.6 Å². The minimum absolute atomic E-state index is 0.0427. The Morgan fingerprint density at radius 3 is 2.69 bits per heavy atom. The van der Waals surface area contributed by atoms with E-state index in [9.17, 15) is 4.79 Å². The average molecular weight is 365 g/mol. The van der Waals surface area contributed by atoms with E-state index in [0.717, 1.165) is 22.0 Å². The molecule has 1 amide bonds. The summed E-state index contributed by atoms with van der Waals surface area (Å²) in [6, 6.07) is 15.9. The highest BCUT2D eigenvalue weighted by molar-refractivity contribution is 6.31. The second kappa shape index (κ2) is 8.54. The molecule has 0 aliphatic rings. The number of benzene rings is 2. The quantitative estimate of drug-likeness (QED) is 0.458. The van der Waals surface area contributed by atoms with Crippen molar-refractivity contribution < 1.29 is 4.79 Å². The lowest BCUT2D eigenvalue weighted by atomic mass is 9.90. The van der Waals surface area contributed by atoms with Crippen LogP contribution in [-0.4, -0.2) is 17.4 Å². The largest absolute Gasteiger partial charge is 0.361 e. The summed E-state index contributed by atoms with van der Waals surface area (Å²) in [5.41, 5.74) is 3.18. The number of nitrogens with one attached hydrogen (secondary N) is 2. The lowest BCUT2D eigenvalue weighted by Crippen LogP contribution is -2.27. The van der Waals surface area contributed by atoms with Gasteiger partial charge in [0, 0.05) is 40.7 Å². The number of rotatable bonds is 6. The Balaban J connectivity index is 1.93. The van der Waals surface area contributed by atoms with Gasteiger partial charge in [-0.05, 0) is 30.2 Å². The third-order valence-electron chi connectivity index (χ3n) is 4.31. The fourth-order valence-electron chi connectivity index (χ4n) is 3.04. The third kappa shape index (κ3) is 4.06. The highest BCUT2D eigenvalue weighted by Crippen LogP contribution is 2.33. The molecule has 2 N–H and O–H groups in total. The van der Waals surface area contributed by atoms with Gasteiger partial charge >= 0.3 is 0 Å². The monoisotopic (exact) mass is 364 g/mol. The molecule has 0 bridgehead atoms. The van der Waals surface area contributed by atoms with E-state index in [1.807, 2.05) is 67.7 Å². The van der Waals surface area contributed by atoms with E-state index in [1.165, 1.54) is 6.08 Å². The Bertz CT molecular complexity index is 955. The average Bonchev–Trinajstić information content (AvgIpc) is 3.08. The Labute approximate surface area is 158 Å². The molecular formula is C22H21ClN2O. The second-order valence-electron chi connectivity index (χ2n) is 5.99. The van der Waals surface area contributed by atoms with Crippen LogP contribution in [0.25, 0.3) is 10.9 Å². The number of hydrogen-bond donors (Lipinski definition) is 2. The van der Waals surface area contributed by atoms with E-state index in [0.29, 0.717) is 11.6 Å². The zero-order chi connectivity index (χ0) is 18.4. The van der Waals surface area contributed by atoms with Crippen LogP contribution in [0.15, 0.2) is 79.0 Å². The van der Waals surface area contributed by atoms with E-state index in [2.05, 4.69) is 16.4 Å². The summed E-state index contributed by atoms with van der Waals surface area (Å²) in [7, 11) is 0. The molecule has 3 nitrogen and oxygen atoms in total. The Morgan fingerprint density at radius 1 is 1.12 bits per heavy atom. The number of H-pyrrole nitrogens is 1. The summed E-state index contributed by atoms with van der Waals surface area (Å²) < 4.78 is 0. The maximum atomic E-state index is 12.1. The molecule has 0 fully saturated rings. The second-order valence-corrected chi connectivity index (χ2v) is 6.40. The standard InChI is InChI=1S/C22H21ClN2O/c1-2-3-4-13-22(26)25-15-18(16-9-5-7-11-20(16)23)19-14-24-21-12-8-6-10-17(19)21/h2-14,18,24H,15H2,1H3,(H,25,26)/b3-2+,13-4+/t18-/m0/s1. The van der Waals surface area contributed by atoms with Crippen molar-refractivity contribution in [1.82, 2.24) is 10.3 Å². The van der Waals surface area contributed by atoms with Crippen LogP contribution in [0, 0.1) is 0 Å². The first-order valence-corrected chi connectivity index (χ1v) is 8.96. The predicted molar refractivity (Wildman–Crippen MR) is 109 cm³/mol. The number of amides is 1. The third-order valence-corrected chi connectivity index (χ3v) is 4.65. The molecule has 1 heterocycles. The molecule has 4 heteroatoms. The molecule has 0 radical (unpaired) electrons. The number of aromatic amines is 1. The van der Waals surface area contributed by atoms with Crippen molar-refractivity contribution in [2.45, 2.75) is 12.8 Å². The van der Waals surface area contributed by atoms with Crippen LogP contribution in [-0.2, 0) is 4.79 Å². The van der Waals surface area contributed by atoms with Crippen molar-refractivity contribution in [3.8, 4) is 0 Å². The van der Waals surface area contributed by atoms with Gasteiger partial charge in [0.05, 0.1) is 0 Å². The number of halogens is 1. The van der Waals surface area contributed by atoms with Gasteiger partial charge in [0.1, 0.15) is 0 Å². The first-order valence-electron chi connectivity index (χ1n) is 8.58. The molecule has 26 heavy (non-hydrogen) atoms. The first kappa shape index (κ1) is 18.0. The minimum atomic E-state index is -0.125. The Morgan fingerprint density at radius 2 is 1.88 bits per heavy atom.